The first-order valence-corrected chi connectivity index (χ1v) is 8.73. The zero-order chi connectivity index (χ0) is 14.8. The second kappa shape index (κ2) is 6.18. The van der Waals surface area contributed by atoms with Gasteiger partial charge in [0.2, 0.25) is 5.95 Å². The van der Waals surface area contributed by atoms with E-state index in [0.29, 0.717) is 0 Å². The van der Waals surface area contributed by atoms with Gasteiger partial charge in [0.1, 0.15) is 10.6 Å². The van der Waals surface area contributed by atoms with Crippen LogP contribution in [0.15, 0.2) is 6.07 Å². The number of nitrogens with zero attached hydrogens (tertiary/aromatic N) is 3. The highest BCUT2D eigenvalue weighted by atomic mass is 32.1. The van der Waals surface area contributed by atoms with Gasteiger partial charge in [-0.15, -0.1) is 11.3 Å². The highest BCUT2D eigenvalue weighted by Gasteiger charge is 2.22. The quantitative estimate of drug-likeness (QED) is 0.925. The molecular weight excluding hydrogens is 280 g/mol. The van der Waals surface area contributed by atoms with Gasteiger partial charge in [-0.3, -0.25) is 0 Å². The van der Waals surface area contributed by atoms with E-state index < -0.39 is 0 Å². The highest BCUT2D eigenvalue weighted by Crippen LogP contribution is 2.34. The molecule has 0 aliphatic carbocycles. The number of fused-ring (bicyclic) bond motifs is 1. The standard InChI is InChI=1S/C16H24N4S/c1-4-5-12-6-8-20(9-7-12)14-13-10-11(2)21-15(13)19-16(17-3)18-14/h10,12H,4-9H2,1-3H3,(H,17,18,19). The van der Waals surface area contributed by atoms with Gasteiger partial charge in [-0.1, -0.05) is 19.8 Å². The van der Waals surface area contributed by atoms with Gasteiger partial charge in [0.25, 0.3) is 0 Å². The molecule has 3 heterocycles. The number of piperidine rings is 1. The zero-order valence-corrected chi connectivity index (χ0v) is 14.0. The van der Waals surface area contributed by atoms with Crippen LogP contribution in [-0.2, 0) is 0 Å². The van der Waals surface area contributed by atoms with Crippen molar-refractivity contribution >= 4 is 33.3 Å². The third-order valence-electron chi connectivity index (χ3n) is 4.33. The Kier molecular flexibility index (Phi) is 4.29. The van der Waals surface area contributed by atoms with Crippen LogP contribution in [0.3, 0.4) is 0 Å². The fourth-order valence-electron chi connectivity index (χ4n) is 3.22. The number of nitrogens with one attached hydrogen (secondary N) is 1. The van der Waals surface area contributed by atoms with E-state index in [2.05, 4.69) is 35.1 Å². The topological polar surface area (TPSA) is 41.1 Å². The molecule has 0 amide bonds. The first kappa shape index (κ1) is 14.6. The monoisotopic (exact) mass is 304 g/mol. The van der Waals surface area contributed by atoms with Gasteiger partial charge in [-0.2, -0.15) is 4.98 Å². The van der Waals surface area contributed by atoms with Crippen LogP contribution in [-0.4, -0.2) is 30.1 Å². The Morgan fingerprint density at radius 3 is 2.76 bits per heavy atom. The van der Waals surface area contributed by atoms with Crippen LogP contribution >= 0.6 is 11.3 Å². The van der Waals surface area contributed by atoms with Crippen molar-refractivity contribution in [2.24, 2.45) is 5.92 Å². The van der Waals surface area contributed by atoms with E-state index in [1.54, 1.807) is 11.3 Å². The molecule has 0 aromatic carbocycles. The summed E-state index contributed by atoms with van der Waals surface area (Å²) in [5.74, 6) is 2.75. The molecule has 0 spiro atoms. The average molecular weight is 304 g/mol. The Labute approximate surface area is 130 Å². The third kappa shape index (κ3) is 2.98. The third-order valence-corrected chi connectivity index (χ3v) is 5.27. The molecule has 1 saturated heterocycles. The van der Waals surface area contributed by atoms with Gasteiger partial charge in [0.05, 0.1) is 5.39 Å². The normalized spacial score (nSPS) is 16.6. The first-order valence-electron chi connectivity index (χ1n) is 7.92. The van der Waals surface area contributed by atoms with Gasteiger partial charge in [-0.05, 0) is 31.7 Å². The number of rotatable bonds is 4. The maximum Gasteiger partial charge on any atom is 0.225 e. The highest BCUT2D eigenvalue weighted by molar-refractivity contribution is 7.18. The molecule has 0 bridgehead atoms. The van der Waals surface area contributed by atoms with E-state index in [-0.39, 0.29) is 0 Å². The van der Waals surface area contributed by atoms with Crippen LogP contribution in [0, 0.1) is 12.8 Å². The summed E-state index contributed by atoms with van der Waals surface area (Å²) in [4.78, 5) is 14.2. The van der Waals surface area contributed by atoms with Crippen LogP contribution in [0.25, 0.3) is 10.2 Å². The number of aryl methyl sites for hydroxylation is 1. The largest absolute Gasteiger partial charge is 0.357 e. The van der Waals surface area contributed by atoms with Gasteiger partial charge >= 0.3 is 0 Å². The van der Waals surface area contributed by atoms with Crippen molar-refractivity contribution in [1.82, 2.24) is 9.97 Å². The fraction of sp³-hybridized carbons (Fsp3) is 0.625. The maximum atomic E-state index is 4.74. The summed E-state index contributed by atoms with van der Waals surface area (Å²) in [5, 5.41) is 4.31. The van der Waals surface area contributed by atoms with Gasteiger partial charge in [0, 0.05) is 25.0 Å². The van der Waals surface area contributed by atoms with E-state index in [9.17, 15) is 0 Å². The predicted octanol–water partition coefficient (Wildman–Crippen LogP) is 4.06. The van der Waals surface area contributed by atoms with Crippen molar-refractivity contribution in [2.75, 3.05) is 30.4 Å². The molecule has 2 aromatic rings. The number of hydrogen-bond donors (Lipinski definition) is 1. The minimum absolute atomic E-state index is 0.732. The molecule has 114 valence electrons. The lowest BCUT2D eigenvalue weighted by molar-refractivity contribution is 0.378. The van der Waals surface area contributed by atoms with Crippen molar-refractivity contribution in [3.8, 4) is 0 Å². The summed E-state index contributed by atoms with van der Waals surface area (Å²) >= 11 is 1.75. The van der Waals surface area contributed by atoms with Crippen molar-refractivity contribution in [1.29, 1.82) is 0 Å². The van der Waals surface area contributed by atoms with Crippen molar-refractivity contribution < 1.29 is 0 Å². The fourth-order valence-corrected chi connectivity index (χ4v) is 4.10. The van der Waals surface area contributed by atoms with Crippen LogP contribution in [0.2, 0.25) is 0 Å². The Balaban J connectivity index is 1.89. The maximum absolute atomic E-state index is 4.74. The molecule has 0 radical (unpaired) electrons. The van der Waals surface area contributed by atoms with E-state index in [1.165, 1.54) is 35.9 Å². The smallest absolute Gasteiger partial charge is 0.225 e. The van der Waals surface area contributed by atoms with Crippen LogP contribution in [0.4, 0.5) is 11.8 Å². The van der Waals surface area contributed by atoms with Crippen LogP contribution in [0.5, 0.6) is 0 Å². The number of aromatic nitrogens is 2. The Bertz CT molecular complexity index is 614. The van der Waals surface area contributed by atoms with E-state index in [1.807, 2.05) is 7.05 Å². The Morgan fingerprint density at radius 1 is 1.33 bits per heavy atom. The molecule has 1 fully saturated rings. The molecule has 2 aromatic heterocycles. The van der Waals surface area contributed by atoms with Crippen molar-refractivity contribution in [3.05, 3.63) is 10.9 Å². The molecule has 21 heavy (non-hydrogen) atoms. The Hall–Kier alpha value is -1.36. The summed E-state index contributed by atoms with van der Waals surface area (Å²) in [6.45, 7) is 6.67. The molecule has 0 atom stereocenters. The molecule has 1 aliphatic heterocycles. The molecular formula is C16H24N4S. The minimum atomic E-state index is 0.732. The first-order chi connectivity index (χ1) is 10.2. The molecule has 1 aliphatic rings. The van der Waals surface area contributed by atoms with Crippen molar-refractivity contribution in [2.45, 2.75) is 39.5 Å². The molecule has 4 nitrogen and oxygen atoms in total. The summed E-state index contributed by atoms with van der Waals surface area (Å²) < 4.78 is 0. The number of thiophene rings is 1. The zero-order valence-electron chi connectivity index (χ0n) is 13.1. The lowest BCUT2D eigenvalue weighted by Crippen LogP contribution is -2.34. The summed E-state index contributed by atoms with van der Waals surface area (Å²) in [7, 11) is 1.89. The van der Waals surface area contributed by atoms with E-state index in [4.69, 9.17) is 4.98 Å². The van der Waals surface area contributed by atoms with Gasteiger partial charge in [0.15, 0.2) is 0 Å². The lowest BCUT2D eigenvalue weighted by atomic mass is 9.92. The van der Waals surface area contributed by atoms with Gasteiger partial charge in [-0.25, -0.2) is 4.98 Å². The second-order valence-electron chi connectivity index (χ2n) is 5.92. The van der Waals surface area contributed by atoms with Gasteiger partial charge < -0.3 is 10.2 Å². The molecule has 3 rings (SSSR count). The number of anilines is 2. The summed E-state index contributed by atoms with van der Waals surface area (Å²) in [6, 6.07) is 2.23. The Morgan fingerprint density at radius 2 is 2.10 bits per heavy atom. The summed E-state index contributed by atoms with van der Waals surface area (Å²) in [6.07, 6.45) is 5.25. The average Bonchev–Trinajstić information content (AvgIpc) is 2.87. The second-order valence-corrected chi connectivity index (χ2v) is 7.15. The predicted molar refractivity (Wildman–Crippen MR) is 91.5 cm³/mol. The SMILES string of the molecule is CCCC1CCN(c2nc(NC)nc3sc(C)cc23)CC1. The molecule has 0 saturated carbocycles. The van der Waals surface area contributed by atoms with Crippen LogP contribution < -0.4 is 10.2 Å². The minimum Gasteiger partial charge on any atom is -0.357 e. The molecule has 5 heteroatoms. The van der Waals surface area contributed by atoms with Crippen LogP contribution in [0.1, 0.15) is 37.5 Å². The number of hydrogen-bond acceptors (Lipinski definition) is 5. The summed E-state index contributed by atoms with van der Waals surface area (Å²) in [5.41, 5.74) is 0. The molecule has 0 unspecified atom stereocenters. The van der Waals surface area contributed by atoms with E-state index in [0.717, 1.165) is 35.6 Å². The lowest BCUT2D eigenvalue weighted by Gasteiger charge is -2.33. The van der Waals surface area contributed by atoms with Crippen molar-refractivity contribution in [3.63, 3.8) is 0 Å². The molecule has 1 N–H and O–H groups in total. The van der Waals surface area contributed by atoms with E-state index >= 15 is 0 Å².